The van der Waals surface area contributed by atoms with E-state index in [-0.39, 0.29) is 17.6 Å². The van der Waals surface area contributed by atoms with Crippen LogP contribution in [0.15, 0.2) is 51.2 Å². The van der Waals surface area contributed by atoms with E-state index in [1.54, 1.807) is 26.0 Å². The number of rotatable bonds is 7. The van der Waals surface area contributed by atoms with Crippen molar-refractivity contribution in [3.63, 3.8) is 0 Å². The Morgan fingerprint density at radius 2 is 2.15 bits per heavy atom. The highest BCUT2D eigenvalue weighted by atomic mass is 35.5. The molecule has 3 aliphatic rings. The molecule has 0 aromatic carbocycles. The van der Waals surface area contributed by atoms with Gasteiger partial charge in [-0.25, -0.2) is 9.98 Å². The summed E-state index contributed by atoms with van der Waals surface area (Å²) in [6.07, 6.45) is 11.3. The molecule has 3 atom stereocenters. The van der Waals surface area contributed by atoms with Gasteiger partial charge in [0.1, 0.15) is 17.2 Å². The Balaban J connectivity index is 1.81. The largest absolute Gasteiger partial charge is 0.501 e. The molecule has 2 aliphatic carbocycles. The number of halogens is 1. The number of ether oxygens (including phenoxy) is 2. The van der Waals surface area contributed by atoms with Crippen molar-refractivity contribution < 1.29 is 9.47 Å². The molecule has 1 aromatic rings. The third-order valence-electron chi connectivity index (χ3n) is 6.02. The molecule has 0 amide bonds. The minimum absolute atomic E-state index is 0.0422. The van der Waals surface area contributed by atoms with Crippen molar-refractivity contribution in [1.82, 2.24) is 10.3 Å². The number of anilines is 1. The number of fused-ring (bicyclic) bond motifs is 1. The van der Waals surface area contributed by atoms with Crippen molar-refractivity contribution in [1.29, 1.82) is 0 Å². The van der Waals surface area contributed by atoms with Gasteiger partial charge in [0.25, 0.3) is 0 Å². The summed E-state index contributed by atoms with van der Waals surface area (Å²) in [6, 6.07) is 2.05. The van der Waals surface area contributed by atoms with E-state index >= 15 is 0 Å². The minimum atomic E-state index is -0.275. The number of aromatic nitrogens is 1. The summed E-state index contributed by atoms with van der Waals surface area (Å²) >= 11 is 8.45. The van der Waals surface area contributed by atoms with E-state index in [0.717, 1.165) is 39.6 Å². The van der Waals surface area contributed by atoms with Crippen LogP contribution < -0.4 is 26.9 Å². The van der Waals surface area contributed by atoms with Gasteiger partial charge in [0, 0.05) is 43.1 Å². The third kappa shape index (κ3) is 4.99. The van der Waals surface area contributed by atoms with Gasteiger partial charge in [-0.1, -0.05) is 29.8 Å². The van der Waals surface area contributed by atoms with Gasteiger partial charge in [-0.15, -0.1) is 11.8 Å². The number of allylic oxidation sites excluding steroid dienone is 4. The van der Waals surface area contributed by atoms with Gasteiger partial charge in [0.15, 0.2) is 11.3 Å². The zero-order valence-corrected chi connectivity index (χ0v) is 20.9. The van der Waals surface area contributed by atoms with Gasteiger partial charge >= 0.3 is 0 Å². The Kier molecular flexibility index (Phi) is 7.48. The van der Waals surface area contributed by atoms with E-state index < -0.39 is 0 Å². The predicted molar refractivity (Wildman–Crippen MR) is 136 cm³/mol. The average Bonchev–Trinajstić information content (AvgIpc) is 2.82. The maximum atomic E-state index is 6.82. The first kappa shape index (κ1) is 23.9. The SMILES string of the molecule is COC1=C(C)C(c2cc3c(c(NCC4=CC=CC(N)C4)n2)=NC(SC)NC=3)=C(Cl)C(OC)C1. The maximum Gasteiger partial charge on any atom is 0.166 e. The second-order valence-corrected chi connectivity index (χ2v) is 9.48. The summed E-state index contributed by atoms with van der Waals surface area (Å²) in [7, 11) is 3.33. The maximum absolute atomic E-state index is 6.82. The number of pyridine rings is 1. The molecular weight excluding hydrogens is 458 g/mol. The standard InChI is InChI=1S/C24H30ClN5O2S/c1-13-18(31-2)10-19(32-3)21(25)20(13)17-9-15-12-28-24(33-4)30-22(15)23(29-17)27-11-14-6-5-7-16(26)8-14/h5-7,9,12,16,19,24,28H,8,10-11,26H2,1-4H3,(H,27,29). The van der Waals surface area contributed by atoms with Crippen molar-refractivity contribution in [2.24, 2.45) is 10.7 Å². The molecule has 0 saturated heterocycles. The number of thioether (sulfide) groups is 1. The summed E-state index contributed by atoms with van der Waals surface area (Å²) in [5.41, 5.74) is 9.79. The Bertz CT molecular complexity index is 1170. The van der Waals surface area contributed by atoms with E-state index in [1.807, 2.05) is 37.6 Å². The molecule has 1 aliphatic heterocycles. The molecule has 9 heteroatoms. The Morgan fingerprint density at radius 1 is 1.33 bits per heavy atom. The molecule has 0 fully saturated rings. The number of methoxy groups -OCH3 is 2. The fourth-order valence-corrected chi connectivity index (χ4v) is 5.04. The molecule has 3 unspecified atom stereocenters. The molecular formula is C24H30ClN5O2S. The second kappa shape index (κ2) is 10.3. The highest BCUT2D eigenvalue weighted by molar-refractivity contribution is 7.99. The Hall–Kier alpha value is -2.26. The second-order valence-electron chi connectivity index (χ2n) is 8.16. The number of nitrogens with zero attached hydrogens (tertiary/aromatic N) is 2. The summed E-state index contributed by atoms with van der Waals surface area (Å²) in [6.45, 7) is 2.65. The quantitative estimate of drug-likeness (QED) is 0.544. The predicted octanol–water partition coefficient (Wildman–Crippen LogP) is 2.60. The van der Waals surface area contributed by atoms with Crippen molar-refractivity contribution >= 4 is 41.0 Å². The van der Waals surface area contributed by atoms with E-state index in [9.17, 15) is 0 Å². The Labute approximate surface area is 203 Å². The van der Waals surface area contributed by atoms with Crippen LogP contribution in [0.3, 0.4) is 0 Å². The lowest BCUT2D eigenvalue weighted by atomic mass is 9.92. The molecule has 7 nitrogen and oxygen atoms in total. The first-order valence-electron chi connectivity index (χ1n) is 10.9. The van der Waals surface area contributed by atoms with E-state index in [4.69, 9.17) is 36.8 Å². The third-order valence-corrected chi connectivity index (χ3v) is 7.14. The summed E-state index contributed by atoms with van der Waals surface area (Å²) in [4.78, 5) is 9.85. The summed E-state index contributed by atoms with van der Waals surface area (Å²) < 4.78 is 11.3. The highest BCUT2D eigenvalue weighted by Crippen LogP contribution is 2.39. The van der Waals surface area contributed by atoms with Crippen molar-refractivity contribution in [3.05, 3.63) is 62.5 Å². The zero-order chi connectivity index (χ0) is 23.5. The van der Waals surface area contributed by atoms with E-state index in [1.165, 1.54) is 5.57 Å². The van der Waals surface area contributed by atoms with Gasteiger partial charge in [0.05, 0.1) is 17.8 Å². The van der Waals surface area contributed by atoms with Crippen LogP contribution in [0.5, 0.6) is 0 Å². The highest BCUT2D eigenvalue weighted by Gasteiger charge is 2.29. The normalized spacial score (nSPS) is 24.4. The van der Waals surface area contributed by atoms with Gasteiger partial charge < -0.3 is 25.8 Å². The minimum Gasteiger partial charge on any atom is -0.501 e. The van der Waals surface area contributed by atoms with Crippen LogP contribution in [-0.2, 0) is 9.47 Å². The van der Waals surface area contributed by atoms with Crippen LogP contribution in [0.2, 0.25) is 0 Å². The van der Waals surface area contributed by atoms with Gasteiger partial charge in [-0.2, -0.15) is 0 Å². The average molecular weight is 488 g/mol. The fraction of sp³-hybridized carbons (Fsp3) is 0.417. The Morgan fingerprint density at radius 3 is 2.85 bits per heavy atom. The first-order valence-corrected chi connectivity index (χ1v) is 12.5. The van der Waals surface area contributed by atoms with E-state index in [2.05, 4.69) is 16.7 Å². The van der Waals surface area contributed by atoms with Crippen molar-refractivity contribution in [3.8, 4) is 0 Å². The van der Waals surface area contributed by atoms with Crippen LogP contribution in [0, 0.1) is 0 Å². The molecule has 33 heavy (non-hydrogen) atoms. The van der Waals surface area contributed by atoms with Crippen molar-refractivity contribution in [2.75, 3.05) is 32.3 Å². The topological polar surface area (TPSA) is 93.8 Å². The molecule has 176 valence electrons. The lowest BCUT2D eigenvalue weighted by molar-refractivity contribution is 0.118. The zero-order valence-electron chi connectivity index (χ0n) is 19.3. The molecule has 0 spiro atoms. The number of hydrogen-bond donors (Lipinski definition) is 3. The smallest absolute Gasteiger partial charge is 0.166 e. The number of nitrogens with one attached hydrogen (secondary N) is 2. The lowest BCUT2D eigenvalue weighted by Gasteiger charge is -2.27. The van der Waals surface area contributed by atoms with Crippen molar-refractivity contribution in [2.45, 2.75) is 37.4 Å². The van der Waals surface area contributed by atoms with Gasteiger partial charge in [0.2, 0.25) is 0 Å². The van der Waals surface area contributed by atoms with Crippen LogP contribution in [0.25, 0.3) is 11.8 Å². The molecule has 0 bridgehead atoms. The molecule has 4 rings (SSSR count). The molecule has 2 heterocycles. The van der Waals surface area contributed by atoms with Gasteiger partial charge in [-0.05, 0) is 36.8 Å². The monoisotopic (exact) mass is 487 g/mol. The number of hydrogen-bond acceptors (Lipinski definition) is 8. The van der Waals surface area contributed by atoms with Gasteiger partial charge in [-0.3, -0.25) is 0 Å². The van der Waals surface area contributed by atoms with Crippen LogP contribution in [0.4, 0.5) is 5.82 Å². The molecule has 0 saturated carbocycles. The van der Waals surface area contributed by atoms with Crippen LogP contribution >= 0.6 is 23.4 Å². The lowest BCUT2D eigenvalue weighted by Crippen LogP contribution is -2.40. The van der Waals surface area contributed by atoms with E-state index in [0.29, 0.717) is 23.8 Å². The summed E-state index contributed by atoms with van der Waals surface area (Å²) in [5, 5.41) is 9.24. The molecule has 0 radical (unpaired) electrons. The molecule has 4 N–H and O–H groups in total. The first-order chi connectivity index (χ1) is 15.9. The fourth-order valence-electron chi connectivity index (χ4n) is 4.22. The summed E-state index contributed by atoms with van der Waals surface area (Å²) in [5.74, 6) is 1.56. The van der Waals surface area contributed by atoms with Crippen LogP contribution in [0.1, 0.15) is 25.5 Å². The molecule has 1 aromatic heterocycles. The van der Waals surface area contributed by atoms with Crippen LogP contribution in [-0.4, -0.2) is 49.6 Å². The number of nitrogens with two attached hydrogens (primary N) is 1.